The van der Waals surface area contributed by atoms with Crippen molar-refractivity contribution in [3.63, 3.8) is 0 Å². The number of nitrogens with one attached hydrogen (secondary N) is 11. The van der Waals surface area contributed by atoms with Gasteiger partial charge in [0.15, 0.2) is 23.3 Å². The molecule has 7 aromatic rings. The summed E-state index contributed by atoms with van der Waals surface area (Å²) in [5, 5.41) is 29.4. The zero-order chi connectivity index (χ0) is 73.0. The van der Waals surface area contributed by atoms with Gasteiger partial charge in [-0.1, -0.05) is 0 Å². The van der Waals surface area contributed by atoms with Crippen molar-refractivity contribution in [1.82, 2.24) is 78.5 Å². The van der Waals surface area contributed by atoms with Crippen LogP contribution in [-0.2, 0) is 92.2 Å². The van der Waals surface area contributed by atoms with Crippen LogP contribution < -0.4 is 58.5 Å². The number of ether oxygens (including phenoxy) is 5. The number of rotatable bonds is 42. The molecule has 0 saturated heterocycles. The maximum Gasteiger partial charge on any atom is 0.291 e. The first-order valence-corrected chi connectivity index (χ1v) is 32.1. The summed E-state index contributed by atoms with van der Waals surface area (Å²) in [5.41, 5.74) is 1.53. The van der Waals surface area contributed by atoms with Crippen LogP contribution >= 0.6 is 0 Å². The van der Waals surface area contributed by atoms with Crippen LogP contribution in [0.2, 0.25) is 0 Å². The molecule has 38 nitrogen and oxygen atoms in total. The van der Waals surface area contributed by atoms with E-state index in [2.05, 4.69) is 78.4 Å². The highest BCUT2D eigenvalue weighted by Crippen LogP contribution is 2.19. The van der Waals surface area contributed by atoms with Crippen molar-refractivity contribution in [3.05, 3.63) is 108 Å². The molecule has 0 fully saturated rings. The van der Waals surface area contributed by atoms with Gasteiger partial charge < -0.3 is 114 Å². The van der Waals surface area contributed by atoms with Crippen molar-refractivity contribution in [2.75, 3.05) is 131 Å². The van der Waals surface area contributed by atoms with Crippen LogP contribution in [0.25, 0.3) is 0 Å². The van der Waals surface area contributed by atoms with Crippen molar-refractivity contribution < 1.29 is 76.4 Å². The van der Waals surface area contributed by atoms with Crippen LogP contribution in [0.5, 0.6) is 0 Å². The number of hydrogen-bond donors (Lipinski definition) is 11. The fourth-order valence-electron chi connectivity index (χ4n) is 9.60. The lowest BCUT2D eigenvalue weighted by Crippen LogP contribution is -2.33. The summed E-state index contributed by atoms with van der Waals surface area (Å²) in [6.07, 6.45) is 12.0. The van der Waals surface area contributed by atoms with Crippen LogP contribution in [0.4, 0.5) is 34.5 Å². The number of aromatic nitrogens is 11. The van der Waals surface area contributed by atoms with Gasteiger partial charge in [0.05, 0.1) is 76.5 Å². The number of amides is 11. The largest absolute Gasteiger partial charge is 0.379 e. The molecule has 7 heterocycles. The number of hydrogen-bond acceptors (Lipinski definition) is 20. The third-order valence-corrected chi connectivity index (χ3v) is 14.6. The molecule has 0 radical (unpaired) electrons. The predicted molar refractivity (Wildman–Crippen MR) is 364 cm³/mol. The molecule has 11 N–H and O–H groups in total. The quantitative estimate of drug-likeness (QED) is 0.0231. The Morgan fingerprint density at radius 3 is 1.18 bits per heavy atom. The molecule has 0 aliphatic carbocycles. The Morgan fingerprint density at radius 2 is 0.713 bits per heavy atom. The second kappa shape index (κ2) is 38.7. The Labute approximate surface area is 579 Å². The molecule has 0 aliphatic rings. The second-order valence-electron chi connectivity index (χ2n) is 22.6. The first-order valence-electron chi connectivity index (χ1n) is 32.1. The lowest BCUT2D eigenvalue weighted by molar-refractivity contribution is -0.121. The van der Waals surface area contributed by atoms with Crippen LogP contribution in [-0.4, -0.2) is 216 Å². The van der Waals surface area contributed by atoms with Gasteiger partial charge in [0, 0.05) is 164 Å². The van der Waals surface area contributed by atoms with Gasteiger partial charge in [0.2, 0.25) is 41.1 Å². The smallest absolute Gasteiger partial charge is 0.291 e. The molecule has 7 rings (SSSR count). The Hall–Kier alpha value is -11.4. The molecule has 544 valence electrons. The number of nitrogens with zero attached hydrogens (tertiary/aromatic N) is 11. The fourth-order valence-corrected chi connectivity index (χ4v) is 9.60. The van der Waals surface area contributed by atoms with Gasteiger partial charge in [0.1, 0.15) is 17.1 Å². The Bertz CT molecular complexity index is 4040. The lowest BCUT2D eigenvalue weighted by Gasteiger charge is -2.08. The van der Waals surface area contributed by atoms with Crippen molar-refractivity contribution in [2.24, 2.45) is 49.3 Å². The summed E-state index contributed by atoms with van der Waals surface area (Å²) >= 11 is 0. The molecule has 0 aliphatic heterocycles. The third kappa shape index (κ3) is 24.3. The molecule has 11 amide bonds. The maximum atomic E-state index is 13.3. The average molecular weight is 1410 g/mol. The topological polar surface area (TPSA) is 452 Å². The van der Waals surface area contributed by atoms with Gasteiger partial charge in [-0.15, -0.1) is 0 Å². The van der Waals surface area contributed by atoms with Gasteiger partial charge in [0.25, 0.3) is 41.4 Å². The molecule has 101 heavy (non-hydrogen) atoms. The maximum absolute atomic E-state index is 13.3. The van der Waals surface area contributed by atoms with E-state index < -0.39 is 59.1 Å². The van der Waals surface area contributed by atoms with E-state index in [9.17, 15) is 52.7 Å². The minimum Gasteiger partial charge on any atom is -0.379 e. The molecule has 0 bridgehead atoms. The van der Waals surface area contributed by atoms with E-state index in [1.807, 2.05) is 6.92 Å². The zero-order valence-electron chi connectivity index (χ0n) is 57.4. The molecule has 0 unspecified atom stereocenters. The van der Waals surface area contributed by atoms with Crippen molar-refractivity contribution in [2.45, 2.75) is 39.0 Å². The number of aryl methyl sites for hydroxylation is 7. The van der Waals surface area contributed by atoms with Crippen LogP contribution in [0.15, 0.2) is 67.8 Å². The highest BCUT2D eigenvalue weighted by molar-refractivity contribution is 6.06. The van der Waals surface area contributed by atoms with Gasteiger partial charge in [-0.3, -0.25) is 52.7 Å². The molecule has 0 atom stereocenters. The van der Waals surface area contributed by atoms with Crippen LogP contribution in [0.1, 0.15) is 113 Å². The SMILES string of the molecule is CCOCCOCCOCCOCCOCCNC(=O)CCNC(=O)c1nc(NC(=O)c2cc(NC(=O)CCNC(=O)c3nc(NC(=O)CCCNC(=O)c4cc(NC(=O)c5nc(NC(=O)CCNC(=O)c6cc(NC(=O)c7nccn7C)cn6C)cn5C)cn4C)cn3C)cn2C)cn1C. The summed E-state index contributed by atoms with van der Waals surface area (Å²) in [4.78, 5) is 159. The third-order valence-electron chi connectivity index (χ3n) is 14.6. The van der Waals surface area contributed by atoms with Gasteiger partial charge in [-0.2, -0.15) is 0 Å². The molecule has 38 heteroatoms. The second-order valence-corrected chi connectivity index (χ2v) is 22.6. The summed E-state index contributed by atoms with van der Waals surface area (Å²) in [5.74, 6) is -5.21. The molecule has 0 aromatic carbocycles. The summed E-state index contributed by atoms with van der Waals surface area (Å²) in [6.45, 7) is 6.73. The molecule has 7 aromatic heterocycles. The van der Waals surface area contributed by atoms with Crippen LogP contribution in [0.3, 0.4) is 0 Å². The van der Waals surface area contributed by atoms with Crippen molar-refractivity contribution >= 4 is 99.5 Å². The van der Waals surface area contributed by atoms with E-state index in [4.69, 9.17) is 23.7 Å². The fraction of sp³-hybridized carbons (Fsp3) is 0.444. The standard InChI is InChI=1S/C63H86N22O16/c1-9-97-23-24-99-27-28-101-30-29-100-26-25-98-22-20-64-49(86)12-16-68-61(94)55-77-48(39-84(55)7)78-59(92)45-31-40(34-82(45)5)70-51(88)13-18-69-60(93)54-75-46(37-83(54)6)73-50(87)11-10-15-66-57(90)43-33-42(36-80(43)3)72-63(96)56-76-47(38-85(56)8)74-52(89)14-17-67-58(91)44-32-41(35-81(44)4)71-62(95)53-65-19-21-79(53)2/h19,21,31-39H,9-18,20,22-30H2,1-8H3,(H,64,86)(H,66,90)(H,67,91)(H,68,94)(H,69,93)(H,70,88)(H,71,95)(H,72,96)(H,73,87)(H,74,89)(H,78,92). The van der Waals surface area contributed by atoms with E-state index >= 15 is 0 Å². The zero-order valence-corrected chi connectivity index (χ0v) is 57.4. The summed E-state index contributed by atoms with van der Waals surface area (Å²) in [6, 6.07) is 4.39. The Morgan fingerprint density at radius 1 is 0.337 bits per heavy atom. The monoisotopic (exact) mass is 1410 g/mol. The number of anilines is 6. The Balaban J connectivity index is 0.725. The van der Waals surface area contributed by atoms with Gasteiger partial charge in [-0.05, 0) is 31.5 Å². The van der Waals surface area contributed by atoms with E-state index in [0.29, 0.717) is 70.8 Å². The van der Waals surface area contributed by atoms with E-state index in [1.54, 1.807) is 66.3 Å². The minimum atomic E-state index is -0.637. The predicted octanol–water partition coefficient (Wildman–Crippen LogP) is 0.398. The average Bonchev–Trinajstić information content (AvgIpc) is 1.72. The number of carbonyl (C=O) groups excluding carboxylic acids is 11. The first kappa shape index (κ1) is 77.0. The number of imidazole rings is 4. The highest BCUT2D eigenvalue weighted by atomic mass is 16.6. The Kier molecular flexibility index (Phi) is 29.5. The van der Waals surface area contributed by atoms with E-state index in [-0.39, 0.29) is 141 Å². The molecular weight excluding hydrogens is 1320 g/mol. The van der Waals surface area contributed by atoms with E-state index in [0.717, 1.165) is 0 Å². The van der Waals surface area contributed by atoms with Crippen molar-refractivity contribution in [1.29, 1.82) is 0 Å². The van der Waals surface area contributed by atoms with Crippen molar-refractivity contribution in [3.8, 4) is 0 Å². The first-order chi connectivity index (χ1) is 48.5. The van der Waals surface area contributed by atoms with Crippen LogP contribution in [0, 0.1) is 0 Å². The minimum absolute atomic E-state index is 0.00397. The van der Waals surface area contributed by atoms with Gasteiger partial charge >= 0.3 is 0 Å². The van der Waals surface area contributed by atoms with E-state index in [1.165, 1.54) is 82.8 Å². The summed E-state index contributed by atoms with van der Waals surface area (Å²) in [7, 11) is 11.2. The molecule has 0 saturated carbocycles. The van der Waals surface area contributed by atoms with Gasteiger partial charge in [-0.25, -0.2) is 19.9 Å². The molecular formula is C63H86N22O16. The lowest BCUT2D eigenvalue weighted by atomic mass is 10.3. The molecule has 0 spiro atoms. The normalized spacial score (nSPS) is 11.0. The number of carbonyl (C=O) groups is 11. The highest BCUT2D eigenvalue weighted by Gasteiger charge is 2.23. The summed E-state index contributed by atoms with van der Waals surface area (Å²) < 4.78 is 37.2.